The van der Waals surface area contributed by atoms with Crippen LogP contribution in [-0.2, 0) is 11.0 Å². The molecule has 3 aromatic rings. The number of piperidine rings is 1. The Kier molecular flexibility index (Phi) is 5.33. The summed E-state index contributed by atoms with van der Waals surface area (Å²) in [5, 5.41) is 12.4. The summed E-state index contributed by atoms with van der Waals surface area (Å²) in [6.07, 6.45) is -1.07. The average Bonchev–Trinajstić information content (AvgIpc) is 3.18. The van der Waals surface area contributed by atoms with Crippen molar-refractivity contribution in [1.82, 2.24) is 15.1 Å². The van der Waals surface area contributed by atoms with Gasteiger partial charge in [0.2, 0.25) is 0 Å². The summed E-state index contributed by atoms with van der Waals surface area (Å²) >= 11 is 0. The summed E-state index contributed by atoms with van der Waals surface area (Å²) in [7, 11) is 2.05. The van der Waals surface area contributed by atoms with Crippen LogP contribution in [0.1, 0.15) is 18.4 Å². The number of carbonyl (C=O) groups is 1. The van der Waals surface area contributed by atoms with Crippen molar-refractivity contribution in [3.8, 4) is 17.0 Å². The molecule has 1 atom stereocenters. The lowest BCUT2D eigenvalue weighted by Gasteiger charge is -2.30. The van der Waals surface area contributed by atoms with E-state index in [-0.39, 0.29) is 29.5 Å². The zero-order valence-corrected chi connectivity index (χ0v) is 16.1. The third-order valence-electron chi connectivity index (χ3n) is 5.09. The third kappa shape index (κ3) is 3.95. The molecular formula is C20H19F3N4O3. The van der Waals surface area contributed by atoms with Gasteiger partial charge in [0.1, 0.15) is 11.4 Å². The molecule has 0 saturated carbocycles. The Morgan fingerprint density at radius 2 is 2.13 bits per heavy atom. The van der Waals surface area contributed by atoms with E-state index in [1.54, 1.807) is 6.07 Å². The van der Waals surface area contributed by atoms with Gasteiger partial charge in [-0.25, -0.2) is 0 Å². The second kappa shape index (κ2) is 7.94. The van der Waals surface area contributed by atoms with E-state index in [2.05, 4.69) is 27.5 Å². The molecule has 7 nitrogen and oxygen atoms in total. The van der Waals surface area contributed by atoms with Gasteiger partial charge < -0.3 is 19.4 Å². The number of hydrogen-bond acceptors (Lipinski definition) is 7. The van der Waals surface area contributed by atoms with Crippen LogP contribution < -0.4 is 10.1 Å². The second-order valence-corrected chi connectivity index (χ2v) is 7.23. The summed E-state index contributed by atoms with van der Waals surface area (Å²) in [4.78, 5) is 13.1. The van der Waals surface area contributed by atoms with Crippen molar-refractivity contribution >= 4 is 23.3 Å². The van der Waals surface area contributed by atoms with Gasteiger partial charge in [0, 0.05) is 18.2 Å². The van der Waals surface area contributed by atoms with E-state index in [0.717, 1.165) is 38.1 Å². The number of likely N-dealkylation sites (N-methyl/N-ethyl adjacent to an activating group) is 1. The lowest BCUT2D eigenvalue weighted by molar-refractivity contribution is -0.138. The monoisotopic (exact) mass is 420 g/mol. The van der Waals surface area contributed by atoms with Gasteiger partial charge in [-0.1, -0.05) is 0 Å². The van der Waals surface area contributed by atoms with Crippen LogP contribution in [-0.4, -0.2) is 47.7 Å². The summed E-state index contributed by atoms with van der Waals surface area (Å²) in [5.74, 6) is 0.258. The molecule has 0 bridgehead atoms. The van der Waals surface area contributed by atoms with Crippen molar-refractivity contribution < 1.29 is 27.1 Å². The number of ether oxygens (including phenoxy) is 1. The number of aromatic nitrogens is 2. The molecule has 1 saturated heterocycles. The highest BCUT2D eigenvalue weighted by Crippen LogP contribution is 2.39. The van der Waals surface area contributed by atoms with Gasteiger partial charge in [-0.05, 0) is 50.7 Å². The first kappa shape index (κ1) is 20.1. The normalized spacial score (nSPS) is 17.8. The molecular weight excluding hydrogens is 401 g/mol. The van der Waals surface area contributed by atoms with Gasteiger partial charge in [-0.3, -0.25) is 4.79 Å². The third-order valence-corrected chi connectivity index (χ3v) is 5.09. The van der Waals surface area contributed by atoms with Crippen LogP contribution in [0.25, 0.3) is 22.2 Å². The molecule has 1 aliphatic rings. The van der Waals surface area contributed by atoms with E-state index in [9.17, 15) is 18.0 Å². The van der Waals surface area contributed by atoms with Crippen molar-refractivity contribution in [2.75, 3.05) is 25.5 Å². The fraction of sp³-hybridized carbons (Fsp3) is 0.350. The van der Waals surface area contributed by atoms with Crippen LogP contribution in [0, 0.1) is 0 Å². The largest absolute Gasteiger partial charge is 0.462 e. The molecule has 0 spiro atoms. The molecule has 0 aliphatic carbocycles. The lowest BCUT2D eigenvalue weighted by Crippen LogP contribution is -2.40. The van der Waals surface area contributed by atoms with E-state index in [4.69, 9.17) is 9.15 Å². The average molecular weight is 420 g/mol. The first-order valence-electron chi connectivity index (χ1n) is 9.37. The number of halogens is 3. The molecule has 158 valence electrons. The van der Waals surface area contributed by atoms with Crippen molar-refractivity contribution in [3.63, 3.8) is 0 Å². The van der Waals surface area contributed by atoms with Gasteiger partial charge in [0.25, 0.3) is 6.47 Å². The highest BCUT2D eigenvalue weighted by atomic mass is 19.4. The Hall–Kier alpha value is -3.14. The number of carbonyl (C=O) groups excluding carboxylic acids is 1. The molecule has 1 N–H and O–H groups in total. The zero-order chi connectivity index (χ0) is 21.3. The zero-order valence-electron chi connectivity index (χ0n) is 16.1. The Labute approximate surface area is 169 Å². The van der Waals surface area contributed by atoms with Crippen LogP contribution >= 0.6 is 0 Å². The number of nitrogens with zero attached hydrogens (tertiary/aromatic N) is 3. The molecule has 4 rings (SSSR count). The number of likely N-dealkylation sites (tertiary alicyclic amines) is 1. The van der Waals surface area contributed by atoms with Crippen LogP contribution in [0.2, 0.25) is 0 Å². The number of alkyl halides is 3. The van der Waals surface area contributed by atoms with Crippen LogP contribution in [0.5, 0.6) is 5.75 Å². The minimum atomic E-state index is -4.58. The smallest absolute Gasteiger partial charge is 0.416 e. The van der Waals surface area contributed by atoms with Gasteiger partial charge in [-0.2, -0.15) is 13.2 Å². The van der Waals surface area contributed by atoms with Crippen molar-refractivity contribution in [1.29, 1.82) is 0 Å². The van der Waals surface area contributed by atoms with Crippen molar-refractivity contribution in [3.05, 3.63) is 36.1 Å². The lowest BCUT2D eigenvalue weighted by atomic mass is 10.0. The standard InChI is InChI=1S/C20H19F3N4O3/c1-27-7-2-3-13(10-27)24-19-15-6-8-29-18(15)17(25-26-19)14-5-4-12(20(21,22)23)9-16(14)30-11-28/h4-6,8-9,11,13H,2-3,7,10H2,1H3,(H,24,26)/t13-/m1/s1. The number of rotatable bonds is 5. The number of fused-ring (bicyclic) bond motifs is 1. The number of hydrogen-bond donors (Lipinski definition) is 1. The number of nitrogens with one attached hydrogen (secondary N) is 1. The quantitative estimate of drug-likeness (QED) is 0.626. The Balaban J connectivity index is 1.74. The van der Waals surface area contributed by atoms with E-state index >= 15 is 0 Å². The number of anilines is 1. The Bertz CT molecular complexity index is 1070. The minimum Gasteiger partial charge on any atom is -0.462 e. The molecule has 1 fully saturated rings. The predicted molar refractivity (Wildman–Crippen MR) is 103 cm³/mol. The van der Waals surface area contributed by atoms with E-state index in [1.165, 1.54) is 12.3 Å². The fourth-order valence-corrected chi connectivity index (χ4v) is 3.68. The Morgan fingerprint density at radius 3 is 2.87 bits per heavy atom. The molecule has 10 heteroatoms. The second-order valence-electron chi connectivity index (χ2n) is 7.23. The van der Waals surface area contributed by atoms with Crippen molar-refractivity contribution in [2.24, 2.45) is 0 Å². The molecule has 2 aromatic heterocycles. The SMILES string of the molecule is CN1CCC[C@@H](Nc2nnc(-c3ccc(C(F)(F)F)cc3OC=O)c3occc23)C1. The van der Waals surface area contributed by atoms with Gasteiger partial charge in [0.05, 0.1) is 17.2 Å². The van der Waals surface area contributed by atoms with E-state index < -0.39 is 11.7 Å². The number of benzene rings is 1. The molecule has 0 amide bonds. The van der Waals surface area contributed by atoms with E-state index in [0.29, 0.717) is 16.8 Å². The summed E-state index contributed by atoms with van der Waals surface area (Å²) in [5.41, 5.74) is -0.239. The van der Waals surface area contributed by atoms with Crippen LogP contribution in [0.3, 0.4) is 0 Å². The molecule has 1 aliphatic heterocycles. The summed E-state index contributed by atoms with van der Waals surface area (Å²) in [6, 6.07) is 4.75. The van der Waals surface area contributed by atoms with Crippen molar-refractivity contribution in [2.45, 2.75) is 25.1 Å². The molecule has 3 heterocycles. The topological polar surface area (TPSA) is 80.5 Å². The number of furan rings is 1. The molecule has 1 aromatic carbocycles. The van der Waals surface area contributed by atoms with Crippen LogP contribution in [0.4, 0.5) is 19.0 Å². The maximum absolute atomic E-state index is 13.0. The first-order chi connectivity index (χ1) is 14.4. The summed E-state index contributed by atoms with van der Waals surface area (Å²) in [6.45, 7) is 1.97. The van der Waals surface area contributed by atoms with Crippen LogP contribution in [0.15, 0.2) is 34.9 Å². The summed E-state index contributed by atoms with van der Waals surface area (Å²) < 4.78 is 49.5. The predicted octanol–water partition coefficient (Wildman–Crippen LogP) is 3.95. The molecule has 0 unspecified atom stereocenters. The van der Waals surface area contributed by atoms with Gasteiger partial charge in [-0.15, -0.1) is 10.2 Å². The first-order valence-corrected chi connectivity index (χ1v) is 9.37. The minimum absolute atomic E-state index is 0.0707. The van der Waals surface area contributed by atoms with Gasteiger partial charge in [0.15, 0.2) is 11.4 Å². The highest BCUT2D eigenvalue weighted by Gasteiger charge is 2.32. The molecule has 30 heavy (non-hydrogen) atoms. The molecule has 0 radical (unpaired) electrons. The maximum atomic E-state index is 13.0. The fourth-order valence-electron chi connectivity index (χ4n) is 3.68. The Morgan fingerprint density at radius 1 is 1.30 bits per heavy atom. The van der Waals surface area contributed by atoms with E-state index in [1.807, 2.05) is 0 Å². The highest BCUT2D eigenvalue weighted by molar-refractivity contribution is 5.97. The maximum Gasteiger partial charge on any atom is 0.416 e. The van der Waals surface area contributed by atoms with Gasteiger partial charge >= 0.3 is 6.18 Å².